The van der Waals surface area contributed by atoms with Crippen LogP contribution in [0, 0.1) is 11.8 Å². The molecule has 0 N–H and O–H groups in total. The molecular weight excluding hydrogens is 299 g/mol. The lowest BCUT2D eigenvalue weighted by Gasteiger charge is -2.13. The molecule has 0 bridgehead atoms. The molecule has 22 heavy (non-hydrogen) atoms. The lowest BCUT2D eigenvalue weighted by atomic mass is 10.2. The molecule has 0 aromatic heterocycles. The minimum atomic E-state index is -2.05. The van der Waals surface area contributed by atoms with Crippen molar-refractivity contribution in [3.8, 4) is 5.75 Å². The highest BCUT2D eigenvalue weighted by Crippen LogP contribution is 2.27. The molecule has 0 saturated carbocycles. The van der Waals surface area contributed by atoms with Crippen molar-refractivity contribution in [3.05, 3.63) is 24.3 Å². The van der Waals surface area contributed by atoms with Crippen molar-refractivity contribution in [1.29, 1.82) is 0 Å². The summed E-state index contributed by atoms with van der Waals surface area (Å²) in [5.41, 5.74) is 0. The Hall–Kier alpha value is -1.28. The van der Waals surface area contributed by atoms with Crippen LogP contribution in [0.5, 0.6) is 5.75 Å². The zero-order valence-electron chi connectivity index (χ0n) is 13.9. The molecular formula is C17H27O4P. The highest BCUT2D eigenvalue weighted by Gasteiger charge is 2.13. The van der Waals surface area contributed by atoms with Gasteiger partial charge in [0.1, 0.15) is 13.6 Å². The lowest BCUT2D eigenvalue weighted by molar-refractivity contribution is -0.144. The number of benzene rings is 1. The number of para-hydroxylation sites is 1. The molecule has 124 valence electrons. The maximum atomic E-state index is 12.5. The Morgan fingerprint density at radius 2 is 1.73 bits per heavy atom. The molecule has 0 radical (unpaired) electrons. The number of carbonyl (C=O) groups is 1. The molecule has 1 aromatic rings. The predicted molar refractivity (Wildman–Crippen MR) is 90.7 cm³/mol. The van der Waals surface area contributed by atoms with E-state index in [9.17, 15) is 9.36 Å². The summed E-state index contributed by atoms with van der Waals surface area (Å²) in [5, 5.41) is 0.713. The van der Waals surface area contributed by atoms with E-state index in [0.717, 1.165) is 0 Å². The van der Waals surface area contributed by atoms with Gasteiger partial charge in [0, 0.05) is 6.16 Å². The third-order valence-corrected chi connectivity index (χ3v) is 4.61. The first-order valence-electron chi connectivity index (χ1n) is 7.80. The van der Waals surface area contributed by atoms with Crippen LogP contribution in [0.15, 0.2) is 24.3 Å². The Kier molecular flexibility index (Phi) is 8.26. The van der Waals surface area contributed by atoms with Crippen LogP contribution in [0.25, 0.3) is 0 Å². The van der Waals surface area contributed by atoms with Crippen LogP contribution < -0.4 is 10.0 Å². The van der Waals surface area contributed by atoms with Crippen molar-refractivity contribution >= 4 is 19.1 Å². The van der Waals surface area contributed by atoms with Gasteiger partial charge >= 0.3 is 5.97 Å². The van der Waals surface area contributed by atoms with Gasteiger partial charge in [-0.2, -0.15) is 0 Å². The van der Waals surface area contributed by atoms with E-state index < -0.39 is 7.80 Å². The van der Waals surface area contributed by atoms with Gasteiger partial charge < -0.3 is 14.0 Å². The van der Waals surface area contributed by atoms with E-state index in [1.807, 2.05) is 38.1 Å². The largest absolute Gasteiger partial charge is 0.493 e. The van der Waals surface area contributed by atoms with E-state index in [4.69, 9.17) is 9.47 Å². The van der Waals surface area contributed by atoms with Crippen LogP contribution in [-0.2, 0) is 14.1 Å². The van der Waals surface area contributed by atoms with Crippen molar-refractivity contribution in [3.63, 3.8) is 0 Å². The van der Waals surface area contributed by atoms with Gasteiger partial charge in [0.05, 0.1) is 24.9 Å². The summed E-state index contributed by atoms with van der Waals surface area (Å²) in [5.74, 6) is 1.09. The van der Waals surface area contributed by atoms with Gasteiger partial charge in [-0.05, 0) is 24.0 Å². The van der Waals surface area contributed by atoms with Gasteiger partial charge in [0.25, 0.3) is 0 Å². The number of ether oxygens (including phenoxy) is 2. The van der Waals surface area contributed by atoms with Crippen molar-refractivity contribution < 1.29 is 18.8 Å². The molecule has 0 aliphatic carbocycles. The van der Waals surface area contributed by atoms with Crippen LogP contribution in [-0.4, -0.2) is 25.3 Å². The van der Waals surface area contributed by atoms with E-state index in [-0.39, 0.29) is 12.4 Å². The normalized spacial score (nSPS) is 12.5. The highest BCUT2D eigenvalue weighted by atomic mass is 31.1. The fourth-order valence-electron chi connectivity index (χ4n) is 1.76. The molecule has 0 fully saturated rings. The Morgan fingerprint density at radius 1 is 1.09 bits per heavy atom. The minimum absolute atomic E-state index is 0.184. The molecule has 1 unspecified atom stereocenters. The van der Waals surface area contributed by atoms with Gasteiger partial charge in [-0.1, -0.05) is 39.8 Å². The maximum Gasteiger partial charge on any atom is 0.306 e. The Labute approximate surface area is 134 Å². The first-order valence-corrected chi connectivity index (χ1v) is 9.42. The Balaban J connectivity index is 2.56. The second kappa shape index (κ2) is 9.68. The fraction of sp³-hybridized carbons (Fsp3) is 0.588. The third kappa shape index (κ3) is 7.13. The minimum Gasteiger partial charge on any atom is -0.493 e. The summed E-state index contributed by atoms with van der Waals surface area (Å²) >= 11 is 0. The van der Waals surface area contributed by atoms with Crippen LogP contribution in [0.4, 0.5) is 0 Å². The second-order valence-electron chi connectivity index (χ2n) is 6.20. The zero-order valence-corrected chi connectivity index (χ0v) is 14.9. The van der Waals surface area contributed by atoms with Crippen LogP contribution >= 0.6 is 7.80 Å². The monoisotopic (exact) mass is 326 g/mol. The van der Waals surface area contributed by atoms with E-state index >= 15 is 0 Å². The molecule has 1 atom stereocenters. The number of carbonyl (C=O) groups excluding carboxylic acids is 1. The lowest BCUT2D eigenvalue weighted by Crippen LogP contribution is -2.13. The van der Waals surface area contributed by atoms with E-state index in [1.165, 1.54) is 0 Å². The van der Waals surface area contributed by atoms with Crippen LogP contribution in [0.2, 0.25) is 0 Å². The van der Waals surface area contributed by atoms with Gasteiger partial charge in [0.2, 0.25) is 0 Å². The van der Waals surface area contributed by atoms with Crippen LogP contribution in [0.1, 0.15) is 34.1 Å². The summed E-state index contributed by atoms with van der Waals surface area (Å²) in [6.07, 6.45) is 0.507. The first kappa shape index (κ1) is 18.8. The van der Waals surface area contributed by atoms with E-state index in [1.54, 1.807) is 0 Å². The molecule has 0 amide bonds. The van der Waals surface area contributed by atoms with Gasteiger partial charge in [0.15, 0.2) is 0 Å². The predicted octanol–water partition coefficient (Wildman–Crippen LogP) is 3.50. The molecule has 0 spiro atoms. The SMILES string of the molecule is CC(C)COC(=O)CC[PH](=O)c1ccccc1OCC(C)C. The molecule has 1 aromatic carbocycles. The Morgan fingerprint density at radius 3 is 2.36 bits per heavy atom. The van der Waals surface area contributed by atoms with Crippen LogP contribution in [0.3, 0.4) is 0 Å². The molecule has 0 aliphatic rings. The van der Waals surface area contributed by atoms with Crippen molar-refractivity contribution in [2.45, 2.75) is 34.1 Å². The first-order chi connectivity index (χ1) is 10.4. The van der Waals surface area contributed by atoms with Gasteiger partial charge in [-0.25, -0.2) is 0 Å². The number of rotatable bonds is 9. The molecule has 0 aliphatic heterocycles. The zero-order chi connectivity index (χ0) is 16.5. The summed E-state index contributed by atoms with van der Waals surface area (Å²) in [4.78, 5) is 11.6. The van der Waals surface area contributed by atoms with E-state index in [2.05, 4.69) is 13.8 Å². The molecule has 1 rings (SSSR count). The van der Waals surface area contributed by atoms with Crippen molar-refractivity contribution in [2.24, 2.45) is 11.8 Å². The molecule has 0 saturated heterocycles. The molecule has 4 nitrogen and oxygen atoms in total. The summed E-state index contributed by atoms with van der Waals surface area (Å²) in [6.45, 7) is 9.10. The third-order valence-electron chi connectivity index (χ3n) is 2.89. The standard InChI is InChI=1S/C17H27O4P/c1-13(2)11-20-15-7-5-6-8-16(15)22(19)10-9-17(18)21-12-14(3)4/h5-8,13-14,22H,9-12H2,1-4H3. The summed E-state index contributed by atoms with van der Waals surface area (Å²) < 4.78 is 23.3. The molecule has 0 heterocycles. The average Bonchev–Trinajstić information content (AvgIpc) is 2.48. The van der Waals surface area contributed by atoms with Gasteiger partial charge in [-0.15, -0.1) is 0 Å². The molecule has 5 heteroatoms. The number of esters is 1. The smallest absolute Gasteiger partial charge is 0.306 e. The quantitative estimate of drug-likeness (QED) is 0.515. The maximum absolute atomic E-state index is 12.5. The highest BCUT2D eigenvalue weighted by molar-refractivity contribution is 7.53. The van der Waals surface area contributed by atoms with Gasteiger partial charge in [-0.3, -0.25) is 4.79 Å². The number of hydrogen-bond donors (Lipinski definition) is 0. The summed E-state index contributed by atoms with van der Waals surface area (Å²) in [6, 6.07) is 7.36. The van der Waals surface area contributed by atoms with Crippen molar-refractivity contribution in [2.75, 3.05) is 19.4 Å². The Bertz CT molecular complexity index is 497. The van der Waals surface area contributed by atoms with E-state index in [0.29, 0.717) is 42.3 Å². The average molecular weight is 326 g/mol. The fourth-order valence-corrected chi connectivity index (χ4v) is 3.17. The second-order valence-corrected chi connectivity index (χ2v) is 8.09. The van der Waals surface area contributed by atoms with Crippen molar-refractivity contribution in [1.82, 2.24) is 0 Å². The summed E-state index contributed by atoms with van der Waals surface area (Å²) in [7, 11) is -2.05. The number of hydrogen-bond acceptors (Lipinski definition) is 4. The topological polar surface area (TPSA) is 52.6 Å².